The van der Waals surface area contributed by atoms with E-state index < -0.39 is 0 Å². The Morgan fingerprint density at radius 1 is 1.39 bits per heavy atom. The van der Waals surface area contributed by atoms with Crippen LogP contribution in [0.2, 0.25) is 0 Å². The maximum Gasteiger partial charge on any atom is 0.168 e. The molecule has 2 rings (SSSR count). The fraction of sp³-hybridized carbons (Fsp3) is 0.385. The van der Waals surface area contributed by atoms with Gasteiger partial charge in [0.15, 0.2) is 11.6 Å². The summed E-state index contributed by atoms with van der Waals surface area (Å²) in [5, 5.41) is 5.35. The predicted molar refractivity (Wildman–Crippen MR) is 74.3 cm³/mol. The standard InChI is InChI=1S/C13H17N3OS/c1-10(2)17-12-4-3-6-14-13(12)15-7-5-11-8-18-9-16-11/h3-4,6,8-10H,5,7H2,1-2H3,(H,14,15). The van der Waals surface area contributed by atoms with Gasteiger partial charge in [-0.05, 0) is 26.0 Å². The first-order valence-electron chi connectivity index (χ1n) is 5.98. The average molecular weight is 263 g/mol. The smallest absolute Gasteiger partial charge is 0.168 e. The molecule has 0 atom stereocenters. The Hall–Kier alpha value is -1.62. The molecule has 5 heteroatoms. The van der Waals surface area contributed by atoms with Crippen LogP contribution in [-0.2, 0) is 6.42 Å². The van der Waals surface area contributed by atoms with Crippen molar-refractivity contribution in [3.63, 3.8) is 0 Å². The summed E-state index contributed by atoms with van der Waals surface area (Å²) >= 11 is 1.62. The number of ether oxygens (including phenoxy) is 1. The van der Waals surface area contributed by atoms with Crippen LogP contribution in [0.1, 0.15) is 19.5 Å². The van der Waals surface area contributed by atoms with Crippen LogP contribution in [0, 0.1) is 0 Å². The lowest BCUT2D eigenvalue weighted by molar-refractivity contribution is 0.243. The molecule has 2 aromatic rings. The van der Waals surface area contributed by atoms with Crippen molar-refractivity contribution < 1.29 is 4.74 Å². The number of hydrogen-bond acceptors (Lipinski definition) is 5. The Kier molecular flexibility index (Phi) is 4.52. The molecule has 1 N–H and O–H groups in total. The molecule has 0 saturated carbocycles. The van der Waals surface area contributed by atoms with Crippen LogP contribution in [0.4, 0.5) is 5.82 Å². The average Bonchev–Trinajstić information content (AvgIpc) is 2.84. The number of nitrogens with zero attached hydrogens (tertiary/aromatic N) is 2. The third-order valence-corrected chi connectivity index (χ3v) is 2.93. The molecule has 0 aliphatic carbocycles. The van der Waals surface area contributed by atoms with E-state index in [1.54, 1.807) is 17.5 Å². The Labute approximate surface area is 111 Å². The number of rotatable bonds is 6. The zero-order valence-electron chi connectivity index (χ0n) is 10.6. The third kappa shape index (κ3) is 3.70. The lowest BCUT2D eigenvalue weighted by Crippen LogP contribution is -2.11. The van der Waals surface area contributed by atoms with Gasteiger partial charge in [-0.25, -0.2) is 9.97 Å². The quantitative estimate of drug-likeness (QED) is 0.870. The highest BCUT2D eigenvalue weighted by Gasteiger charge is 2.05. The van der Waals surface area contributed by atoms with Gasteiger partial charge in [-0.15, -0.1) is 11.3 Å². The fourth-order valence-electron chi connectivity index (χ4n) is 1.54. The van der Waals surface area contributed by atoms with Gasteiger partial charge in [0.05, 0.1) is 17.3 Å². The van der Waals surface area contributed by atoms with Crippen molar-refractivity contribution in [1.82, 2.24) is 9.97 Å². The molecule has 0 saturated heterocycles. The molecule has 0 amide bonds. The Balaban J connectivity index is 1.92. The summed E-state index contributed by atoms with van der Waals surface area (Å²) < 4.78 is 5.69. The summed E-state index contributed by atoms with van der Waals surface area (Å²) in [4.78, 5) is 8.54. The molecule has 96 valence electrons. The minimum Gasteiger partial charge on any atom is -0.487 e. The van der Waals surface area contributed by atoms with Gasteiger partial charge in [-0.2, -0.15) is 0 Å². The van der Waals surface area contributed by atoms with Crippen LogP contribution in [0.25, 0.3) is 0 Å². The van der Waals surface area contributed by atoms with Crippen molar-refractivity contribution in [2.45, 2.75) is 26.4 Å². The highest BCUT2D eigenvalue weighted by Crippen LogP contribution is 2.21. The van der Waals surface area contributed by atoms with Crippen molar-refractivity contribution in [3.05, 3.63) is 34.9 Å². The Morgan fingerprint density at radius 2 is 2.28 bits per heavy atom. The summed E-state index contributed by atoms with van der Waals surface area (Å²) in [6.07, 6.45) is 2.80. The molecule has 4 nitrogen and oxygen atoms in total. The van der Waals surface area contributed by atoms with Gasteiger partial charge in [0.25, 0.3) is 0 Å². The first-order valence-corrected chi connectivity index (χ1v) is 6.92. The first kappa shape index (κ1) is 12.8. The maximum absolute atomic E-state index is 5.69. The highest BCUT2D eigenvalue weighted by molar-refractivity contribution is 7.07. The predicted octanol–water partition coefficient (Wildman–Crippen LogP) is 2.98. The third-order valence-electron chi connectivity index (χ3n) is 2.29. The number of pyridine rings is 1. The first-order chi connectivity index (χ1) is 8.75. The summed E-state index contributed by atoms with van der Waals surface area (Å²) in [5.74, 6) is 1.59. The van der Waals surface area contributed by atoms with E-state index in [4.69, 9.17) is 4.74 Å². The topological polar surface area (TPSA) is 47.0 Å². The van der Waals surface area contributed by atoms with E-state index in [2.05, 4.69) is 20.7 Å². The molecule has 2 aromatic heterocycles. The van der Waals surface area contributed by atoms with Crippen LogP contribution in [0.5, 0.6) is 5.75 Å². The molecule has 0 radical (unpaired) electrons. The van der Waals surface area contributed by atoms with E-state index in [1.165, 1.54) is 0 Å². The maximum atomic E-state index is 5.69. The number of thiazole rings is 1. The second kappa shape index (κ2) is 6.35. The molecular formula is C13H17N3OS. The van der Waals surface area contributed by atoms with Gasteiger partial charge in [0.2, 0.25) is 0 Å². The van der Waals surface area contributed by atoms with Gasteiger partial charge in [0, 0.05) is 24.5 Å². The fourth-order valence-corrected chi connectivity index (χ4v) is 2.14. The second-order valence-corrected chi connectivity index (χ2v) is 4.89. The summed E-state index contributed by atoms with van der Waals surface area (Å²) in [6, 6.07) is 3.81. The largest absolute Gasteiger partial charge is 0.487 e. The van der Waals surface area contributed by atoms with Gasteiger partial charge in [0.1, 0.15) is 0 Å². The monoisotopic (exact) mass is 263 g/mol. The van der Waals surface area contributed by atoms with E-state index in [0.29, 0.717) is 0 Å². The summed E-state index contributed by atoms with van der Waals surface area (Å²) in [7, 11) is 0. The zero-order valence-corrected chi connectivity index (χ0v) is 11.4. The van der Waals surface area contributed by atoms with Gasteiger partial charge in [-0.3, -0.25) is 0 Å². The molecule has 0 aliphatic rings. The van der Waals surface area contributed by atoms with Crippen LogP contribution in [0.3, 0.4) is 0 Å². The highest BCUT2D eigenvalue weighted by atomic mass is 32.1. The van der Waals surface area contributed by atoms with E-state index >= 15 is 0 Å². The van der Waals surface area contributed by atoms with Crippen LogP contribution >= 0.6 is 11.3 Å². The number of anilines is 1. The van der Waals surface area contributed by atoms with Crippen LogP contribution in [0.15, 0.2) is 29.2 Å². The van der Waals surface area contributed by atoms with Crippen molar-refractivity contribution in [1.29, 1.82) is 0 Å². The van der Waals surface area contributed by atoms with Gasteiger partial charge < -0.3 is 10.1 Å². The minimum atomic E-state index is 0.147. The second-order valence-electron chi connectivity index (χ2n) is 4.17. The molecule has 0 aliphatic heterocycles. The lowest BCUT2D eigenvalue weighted by Gasteiger charge is -2.14. The van der Waals surface area contributed by atoms with E-state index in [9.17, 15) is 0 Å². The molecular weight excluding hydrogens is 246 g/mol. The lowest BCUT2D eigenvalue weighted by atomic mass is 10.3. The van der Waals surface area contributed by atoms with Crippen molar-refractivity contribution in [3.8, 4) is 5.75 Å². The van der Waals surface area contributed by atoms with E-state index in [0.717, 1.165) is 30.2 Å². The molecule has 0 bridgehead atoms. The SMILES string of the molecule is CC(C)Oc1cccnc1NCCc1cscn1. The van der Waals surface area contributed by atoms with E-state index in [1.807, 2.05) is 31.5 Å². The van der Waals surface area contributed by atoms with E-state index in [-0.39, 0.29) is 6.10 Å². The summed E-state index contributed by atoms with van der Waals surface area (Å²) in [5.41, 5.74) is 2.96. The van der Waals surface area contributed by atoms with Crippen molar-refractivity contribution >= 4 is 17.2 Å². The molecule has 0 aromatic carbocycles. The van der Waals surface area contributed by atoms with Gasteiger partial charge >= 0.3 is 0 Å². The molecule has 18 heavy (non-hydrogen) atoms. The molecule has 2 heterocycles. The van der Waals surface area contributed by atoms with Crippen molar-refractivity contribution in [2.75, 3.05) is 11.9 Å². The number of nitrogens with one attached hydrogen (secondary N) is 1. The minimum absolute atomic E-state index is 0.147. The van der Waals surface area contributed by atoms with Crippen LogP contribution < -0.4 is 10.1 Å². The number of hydrogen-bond donors (Lipinski definition) is 1. The Morgan fingerprint density at radius 3 is 3.00 bits per heavy atom. The molecule has 0 unspecified atom stereocenters. The molecule has 0 fully saturated rings. The zero-order chi connectivity index (χ0) is 12.8. The normalized spacial score (nSPS) is 10.6. The van der Waals surface area contributed by atoms with Gasteiger partial charge in [-0.1, -0.05) is 0 Å². The van der Waals surface area contributed by atoms with Crippen LogP contribution in [-0.4, -0.2) is 22.6 Å². The molecule has 0 spiro atoms. The number of aromatic nitrogens is 2. The summed E-state index contributed by atoms with van der Waals surface area (Å²) in [6.45, 7) is 4.81. The Bertz CT molecular complexity index is 471. The van der Waals surface area contributed by atoms with Crippen molar-refractivity contribution in [2.24, 2.45) is 0 Å².